The maximum Gasteiger partial charge on any atom is 0.267 e. The number of carbonyl (C=O) groups excluding carboxylic acids is 17. The topological polar surface area (TPSA) is 621 Å². The lowest BCUT2D eigenvalue weighted by molar-refractivity contribution is -0.149. The molecule has 0 spiro atoms. The summed E-state index contributed by atoms with van der Waals surface area (Å²) in [5.74, 6) is -22.7. The number of unbranched alkanes of at least 4 members (excludes halogenated alkanes) is 2. The van der Waals surface area contributed by atoms with E-state index in [2.05, 4.69) is 78.4 Å². The number of rotatable bonds is 24. The molecule has 42 nitrogen and oxygen atoms in total. The van der Waals surface area contributed by atoms with E-state index in [4.69, 9.17) is 22.6 Å². The van der Waals surface area contributed by atoms with Gasteiger partial charge in [0.05, 0.1) is 38.2 Å². The van der Waals surface area contributed by atoms with E-state index in [0.717, 1.165) is 31.4 Å². The summed E-state index contributed by atoms with van der Waals surface area (Å²) in [5, 5.41) is 48.8. The van der Waals surface area contributed by atoms with Crippen LogP contribution in [-0.2, 0) is 107 Å². The van der Waals surface area contributed by atoms with Gasteiger partial charge in [-0.3, -0.25) is 91.8 Å². The Hall–Kier alpha value is -13.6. The van der Waals surface area contributed by atoms with Crippen molar-refractivity contribution >= 4 is 146 Å². The molecule has 2 bridgehead atoms. The zero-order chi connectivity index (χ0) is 98.2. The Morgan fingerprint density at radius 1 is 0.585 bits per heavy atom. The number of para-hydroxylation sites is 3. The number of likely N-dealkylation sites (N-methyl/N-ethyl adjacent to an activating group) is 2. The van der Waals surface area contributed by atoms with Crippen LogP contribution in [0.5, 0.6) is 0 Å². The number of imidazole rings is 1. The minimum atomic E-state index is -3.79. The maximum absolute atomic E-state index is 16.4. The number of aliphatic hydroxyl groups is 1. The molecular formula is C90H122F2N24O18S. The van der Waals surface area contributed by atoms with Gasteiger partial charge in [0.1, 0.15) is 84.6 Å². The van der Waals surface area contributed by atoms with E-state index in [9.17, 15) is 48.3 Å². The van der Waals surface area contributed by atoms with Gasteiger partial charge in [0.15, 0.2) is 5.96 Å². The number of guanidine groups is 1. The fourth-order valence-electron chi connectivity index (χ4n) is 17.2. The summed E-state index contributed by atoms with van der Waals surface area (Å²) in [6.45, 7) is 4.84. The van der Waals surface area contributed by atoms with Crippen molar-refractivity contribution < 1.29 is 95.4 Å². The van der Waals surface area contributed by atoms with Crippen molar-refractivity contribution in [1.82, 2.24) is 98.0 Å². The summed E-state index contributed by atoms with van der Waals surface area (Å²) >= 11 is 0.786. The van der Waals surface area contributed by atoms with Gasteiger partial charge in [0.2, 0.25) is 94.5 Å². The minimum absolute atomic E-state index is 0.0145. The second-order valence-electron chi connectivity index (χ2n) is 34.8. The summed E-state index contributed by atoms with van der Waals surface area (Å²) in [5.41, 5.74) is 19.8. The van der Waals surface area contributed by atoms with Crippen molar-refractivity contribution in [3.05, 3.63) is 120 Å². The molecule has 7 heterocycles. The number of aliphatic hydroxyl groups excluding tert-OH is 1. The number of primary amides is 2. The number of nitrogens with one attached hydrogen (secondary N) is 15. The number of H-pyrrole nitrogens is 3. The molecule has 135 heavy (non-hydrogen) atoms. The van der Waals surface area contributed by atoms with Gasteiger partial charge >= 0.3 is 0 Å². The molecule has 4 aliphatic heterocycles. The molecule has 3 fully saturated rings. The number of nitrogens with zero attached hydrogens (tertiary/aromatic N) is 6. The summed E-state index contributed by atoms with van der Waals surface area (Å²) in [6.07, 6.45) is 3.50. The first-order valence-electron chi connectivity index (χ1n) is 45.1. The molecule has 0 saturated carbocycles. The van der Waals surface area contributed by atoms with Crippen LogP contribution in [0.1, 0.15) is 140 Å². The van der Waals surface area contributed by atoms with E-state index in [1.54, 1.807) is 86.8 Å². The van der Waals surface area contributed by atoms with Gasteiger partial charge in [-0.15, -0.1) is 11.8 Å². The first kappa shape index (κ1) is 103. The number of aromatic amines is 3. The molecule has 45 heteroatoms. The Bertz CT molecular complexity index is 5330. The molecule has 3 saturated heterocycles. The quantitative estimate of drug-likeness (QED) is 0.0187. The number of benzene rings is 3. The molecule has 22 N–H and O–H groups in total. The number of hydrogen-bond acceptors (Lipinski definition) is 21. The van der Waals surface area contributed by atoms with Gasteiger partial charge in [-0.2, -0.15) is 0 Å². The summed E-state index contributed by atoms with van der Waals surface area (Å²) < 4.78 is 32.7. The van der Waals surface area contributed by atoms with Crippen molar-refractivity contribution in [1.29, 1.82) is 5.41 Å². The van der Waals surface area contributed by atoms with Crippen molar-refractivity contribution in [2.24, 2.45) is 23.1 Å². The maximum atomic E-state index is 16.4. The molecule has 3 aromatic heterocycles. The monoisotopic (exact) mass is 1900 g/mol. The van der Waals surface area contributed by atoms with E-state index >= 15 is 47.1 Å². The Labute approximate surface area is 781 Å². The standard InChI is InChI=1S/C90H122F2N24O18S/c1-8-10-26-68-81(127)104-58(25-18-30-98-89(95)96)77(123)111-66(76(122)101-42-73(94)119)44-135-45-74(120)103-63-33-50-20-12-17-28-67(50)116(87(63)133)49(5)75(121)107-64(37-72(93)118)85(131)114-31-19-29-69(114)82(128)106-60(36-53-41-97-47-102-53)79(125)108-61(32-48(3)4)86(132)115-46-90(91,92)38-71(115)83(129)105-59(34-51-39-99-56-23-15-13-21-54(51)56)78(124)110-65(43-117)80(126)109-62(35-52-40-100-57-24-16-14-22-55(52)57)84(130)113(7)70(27-11-9-2)88(134)112(68)6/h12-17,20-24,28,39-41,47-49,58-66,68-71,99-100,117H,8-11,18-19,25-27,29-38,42-46H2,1-7H3,(H2,93,118)(H2,94,119)(H,97,102)(H,101,122)(H,103,120)(H,104,127)(H,105,129)(H,106,128)(H,107,121)(H,108,125)(H,109,126)(H,110,124)(H,111,123)(H4,95,96,98)/t49-,58-,59-,60-,61-,62-,63-,64-,65-,66-,68-,69-,70-,71-/m0/s1. The number of alkyl halides is 2. The number of amides is 17. The molecule has 0 unspecified atom stereocenters. The minimum Gasteiger partial charge on any atom is -0.394 e. The zero-order valence-corrected chi connectivity index (χ0v) is 77.2. The third-order valence-corrected chi connectivity index (χ3v) is 25.3. The highest BCUT2D eigenvalue weighted by Crippen LogP contribution is 2.35. The van der Waals surface area contributed by atoms with Crippen LogP contribution in [0.25, 0.3) is 21.8 Å². The van der Waals surface area contributed by atoms with Crippen molar-refractivity contribution in [2.75, 3.05) is 63.3 Å². The molecule has 10 rings (SSSR count). The van der Waals surface area contributed by atoms with Crippen LogP contribution in [0.3, 0.4) is 0 Å². The van der Waals surface area contributed by atoms with E-state index in [0.29, 0.717) is 69.1 Å². The van der Waals surface area contributed by atoms with Crippen LogP contribution in [0.4, 0.5) is 14.5 Å². The number of halogens is 2. The van der Waals surface area contributed by atoms with Crippen LogP contribution < -0.4 is 80.6 Å². The molecule has 0 radical (unpaired) electrons. The van der Waals surface area contributed by atoms with Crippen LogP contribution in [0.2, 0.25) is 0 Å². The second-order valence-corrected chi connectivity index (χ2v) is 35.9. The summed E-state index contributed by atoms with van der Waals surface area (Å²) in [7, 11) is 2.65. The van der Waals surface area contributed by atoms with Gasteiger partial charge in [-0.05, 0) is 92.7 Å². The Kier molecular flexibility index (Phi) is 36.7. The van der Waals surface area contributed by atoms with E-state index in [1.165, 1.54) is 45.8 Å². The van der Waals surface area contributed by atoms with Crippen molar-refractivity contribution in [3.8, 4) is 0 Å². The smallest absolute Gasteiger partial charge is 0.267 e. The first-order valence-corrected chi connectivity index (χ1v) is 46.3. The van der Waals surface area contributed by atoms with Crippen LogP contribution in [-0.4, -0.2) is 300 Å². The van der Waals surface area contributed by atoms with E-state index < -0.39 is 253 Å². The third-order valence-electron chi connectivity index (χ3n) is 24.3. The third kappa shape index (κ3) is 27.3. The van der Waals surface area contributed by atoms with Gasteiger partial charge in [0.25, 0.3) is 11.8 Å². The first-order chi connectivity index (χ1) is 64.3. The number of carbonyl (C=O) groups is 17. The lowest BCUT2D eigenvalue weighted by Gasteiger charge is -2.38. The second kappa shape index (κ2) is 47.8. The predicted molar refractivity (Wildman–Crippen MR) is 492 cm³/mol. The highest BCUT2D eigenvalue weighted by atomic mass is 32.2. The molecular weight excluding hydrogens is 1780 g/mol. The van der Waals surface area contributed by atoms with Crippen LogP contribution >= 0.6 is 11.8 Å². The Balaban J connectivity index is 1.02. The normalized spacial score (nSPS) is 24.8. The highest BCUT2D eigenvalue weighted by molar-refractivity contribution is 8.00. The molecule has 3 aromatic carbocycles. The lowest BCUT2D eigenvalue weighted by Crippen LogP contribution is -2.62. The number of anilines is 1. The van der Waals surface area contributed by atoms with E-state index in [-0.39, 0.29) is 88.7 Å². The van der Waals surface area contributed by atoms with Crippen molar-refractivity contribution in [2.45, 2.75) is 234 Å². The average molecular weight is 1900 g/mol. The van der Waals surface area contributed by atoms with Crippen molar-refractivity contribution in [3.63, 3.8) is 0 Å². The molecule has 17 amide bonds. The molecule has 14 atom stereocenters. The van der Waals surface area contributed by atoms with Gasteiger partial charge in [0, 0.05) is 117 Å². The van der Waals surface area contributed by atoms with Gasteiger partial charge < -0.3 is 115 Å². The summed E-state index contributed by atoms with van der Waals surface area (Å²) in [4.78, 5) is 269. The number of fused-ring (bicyclic) bond motifs is 8. The molecule has 0 aliphatic carbocycles. The predicted octanol–water partition coefficient (Wildman–Crippen LogP) is -1.47. The molecule has 730 valence electrons. The fourth-order valence-corrected chi connectivity index (χ4v) is 18.1. The Morgan fingerprint density at radius 2 is 1.14 bits per heavy atom. The molecule has 6 aromatic rings. The summed E-state index contributed by atoms with van der Waals surface area (Å²) in [6, 6.07) is -2.84. The number of hydrogen-bond donors (Lipinski definition) is 19. The number of nitrogens with two attached hydrogens (primary N) is 3. The van der Waals surface area contributed by atoms with Gasteiger partial charge in [-0.1, -0.05) is 108 Å². The van der Waals surface area contributed by atoms with Gasteiger partial charge in [-0.25, -0.2) is 13.8 Å². The zero-order valence-electron chi connectivity index (χ0n) is 76.3. The van der Waals surface area contributed by atoms with E-state index in [1.807, 2.05) is 13.8 Å². The molecule has 4 aliphatic rings. The fraction of sp³-hybridized carbons (Fsp3) is 0.522. The average Bonchev–Trinajstić information content (AvgIpc) is 1.32. The SMILES string of the molecule is CCCC[C@H]1C(=O)N(C)[C@@H](CCCC)C(=O)N[C@@H](CCCNC(=N)N)C(=O)N[C@H](C(=O)NCC(N)=O)CSCC(=O)N[C@H]2Cc3ccccc3N(C2=O)[C@@H](C)C(=O)N[C@@H](CC(N)=O)C(=O)N2CCC[C@H]2C(=O)N[C@@H](Cc2cnc[nH]2)C(=O)N[C@@H](CC(C)C)C(=O)N2CC(F)(F)C[C@H]2C(=O)N[C@@H](Cc2c[nH]c3ccccc23)C(=O)N[C@@H](CO)C(=O)N[C@@H](Cc2c[nH]c3ccccc23)C(=O)N1C. The number of thioether (sulfide) groups is 1. The largest absolute Gasteiger partial charge is 0.394 e. The van der Waals surface area contributed by atoms with Crippen LogP contribution in [0, 0.1) is 11.3 Å². The van der Waals surface area contributed by atoms with Crippen LogP contribution in [0.15, 0.2) is 97.7 Å². The Morgan fingerprint density at radius 3 is 1.76 bits per heavy atom. The lowest BCUT2D eigenvalue weighted by atomic mass is 9.95. The highest BCUT2D eigenvalue weighted by Gasteiger charge is 2.53. The number of aromatic nitrogens is 4.